The van der Waals surface area contributed by atoms with Gasteiger partial charge in [-0.25, -0.2) is 0 Å². The molecule has 6 heteroatoms. The van der Waals surface area contributed by atoms with Gasteiger partial charge in [0.1, 0.15) is 12.4 Å². The minimum atomic E-state index is -0.460. The van der Waals surface area contributed by atoms with E-state index in [1.54, 1.807) is 31.2 Å². The van der Waals surface area contributed by atoms with Crippen molar-refractivity contribution < 1.29 is 23.8 Å². The van der Waals surface area contributed by atoms with Crippen LogP contribution >= 0.6 is 0 Å². The number of ether oxygens (including phenoxy) is 3. The van der Waals surface area contributed by atoms with E-state index in [2.05, 4.69) is 5.32 Å². The quantitative estimate of drug-likeness (QED) is 0.654. The Kier molecular flexibility index (Phi) is 7.64. The van der Waals surface area contributed by atoms with Crippen molar-refractivity contribution in [2.24, 2.45) is 0 Å². The third-order valence-corrected chi connectivity index (χ3v) is 4.76. The fourth-order valence-electron chi connectivity index (χ4n) is 3.23. The Hall–Kier alpha value is -2.86. The van der Waals surface area contributed by atoms with Crippen molar-refractivity contribution in [2.75, 3.05) is 19.8 Å². The van der Waals surface area contributed by atoms with E-state index in [-0.39, 0.29) is 24.4 Å². The zero-order chi connectivity index (χ0) is 20.5. The molecule has 1 aliphatic rings. The third kappa shape index (κ3) is 6.32. The van der Waals surface area contributed by atoms with E-state index in [1.165, 1.54) is 0 Å². The minimum Gasteiger partial charge on any atom is -0.491 e. The highest BCUT2D eigenvalue weighted by molar-refractivity contribution is 5.94. The van der Waals surface area contributed by atoms with Gasteiger partial charge in [-0.15, -0.1) is 0 Å². The Balaban J connectivity index is 1.61. The topological polar surface area (TPSA) is 73.9 Å². The van der Waals surface area contributed by atoms with Gasteiger partial charge in [0.25, 0.3) is 5.91 Å². The number of amides is 1. The summed E-state index contributed by atoms with van der Waals surface area (Å²) in [5.41, 5.74) is 1.35. The first kappa shape index (κ1) is 20.9. The summed E-state index contributed by atoms with van der Waals surface area (Å²) in [6, 6.07) is 15.9. The van der Waals surface area contributed by atoms with Crippen LogP contribution in [0.25, 0.3) is 0 Å². The Morgan fingerprint density at radius 1 is 1.14 bits per heavy atom. The number of rotatable bonds is 9. The molecular formula is C23H27NO5. The van der Waals surface area contributed by atoms with Crippen LogP contribution in [0.2, 0.25) is 0 Å². The zero-order valence-electron chi connectivity index (χ0n) is 16.6. The van der Waals surface area contributed by atoms with Gasteiger partial charge < -0.3 is 19.5 Å². The van der Waals surface area contributed by atoms with Gasteiger partial charge >= 0.3 is 5.97 Å². The molecule has 0 spiro atoms. The van der Waals surface area contributed by atoms with Crippen LogP contribution in [0.1, 0.15) is 48.1 Å². The van der Waals surface area contributed by atoms with Crippen molar-refractivity contribution in [3.05, 3.63) is 65.7 Å². The molecule has 0 aliphatic carbocycles. The summed E-state index contributed by atoms with van der Waals surface area (Å²) in [6.45, 7) is 3.38. The lowest BCUT2D eigenvalue weighted by atomic mass is 10.0. The van der Waals surface area contributed by atoms with E-state index >= 15 is 0 Å². The van der Waals surface area contributed by atoms with Crippen LogP contribution in [0.15, 0.2) is 54.6 Å². The largest absolute Gasteiger partial charge is 0.491 e. The van der Waals surface area contributed by atoms with Crippen LogP contribution in [-0.4, -0.2) is 37.8 Å². The molecule has 0 aromatic heterocycles. The summed E-state index contributed by atoms with van der Waals surface area (Å²) in [4.78, 5) is 24.7. The van der Waals surface area contributed by atoms with E-state index in [9.17, 15) is 9.59 Å². The lowest BCUT2D eigenvalue weighted by Crippen LogP contribution is -2.30. The van der Waals surface area contributed by atoms with Crippen molar-refractivity contribution in [3.63, 3.8) is 0 Å². The van der Waals surface area contributed by atoms with Crippen molar-refractivity contribution in [2.45, 2.75) is 38.3 Å². The number of hydrogen-bond acceptors (Lipinski definition) is 5. The standard InChI is InChI=1S/C23H27NO5/c1-2-27-22(25)15-21(17-7-4-3-5-8-17)24-23(26)18-10-12-19(13-11-18)29-16-20-9-6-14-28-20/h3-5,7-8,10-13,20-21H,2,6,9,14-16H2,1H3,(H,24,26). The van der Waals surface area contributed by atoms with Crippen LogP contribution in [0.5, 0.6) is 5.75 Å². The maximum absolute atomic E-state index is 12.7. The van der Waals surface area contributed by atoms with Crippen molar-refractivity contribution in [3.8, 4) is 5.75 Å². The molecule has 2 aromatic carbocycles. The van der Waals surface area contributed by atoms with Gasteiger partial charge in [-0.2, -0.15) is 0 Å². The molecule has 154 valence electrons. The lowest BCUT2D eigenvalue weighted by molar-refractivity contribution is -0.143. The van der Waals surface area contributed by atoms with Crippen LogP contribution in [0.4, 0.5) is 0 Å². The molecule has 1 amide bonds. The second kappa shape index (κ2) is 10.6. The summed E-state index contributed by atoms with van der Waals surface area (Å²) in [5.74, 6) is 0.0940. The molecule has 2 atom stereocenters. The molecule has 29 heavy (non-hydrogen) atoms. The highest BCUT2D eigenvalue weighted by atomic mass is 16.5. The van der Waals surface area contributed by atoms with E-state index in [0.29, 0.717) is 24.5 Å². The Labute approximate surface area is 171 Å². The number of benzene rings is 2. The van der Waals surface area contributed by atoms with Gasteiger partial charge in [-0.05, 0) is 49.6 Å². The van der Waals surface area contributed by atoms with E-state index in [4.69, 9.17) is 14.2 Å². The van der Waals surface area contributed by atoms with Crippen molar-refractivity contribution in [1.82, 2.24) is 5.32 Å². The second-order valence-corrected chi connectivity index (χ2v) is 6.92. The lowest BCUT2D eigenvalue weighted by Gasteiger charge is -2.19. The van der Waals surface area contributed by atoms with Gasteiger partial charge in [-0.3, -0.25) is 9.59 Å². The van der Waals surface area contributed by atoms with Crippen molar-refractivity contribution in [1.29, 1.82) is 0 Å². The molecule has 1 heterocycles. The number of carbonyl (C=O) groups is 2. The fourth-order valence-corrected chi connectivity index (χ4v) is 3.23. The van der Waals surface area contributed by atoms with E-state index in [0.717, 1.165) is 25.0 Å². The summed E-state index contributed by atoms with van der Waals surface area (Å²) in [7, 11) is 0. The molecule has 1 aliphatic heterocycles. The number of nitrogens with one attached hydrogen (secondary N) is 1. The first-order valence-electron chi connectivity index (χ1n) is 10.0. The van der Waals surface area contributed by atoms with E-state index in [1.807, 2.05) is 30.3 Å². The van der Waals surface area contributed by atoms with Gasteiger partial charge in [-0.1, -0.05) is 30.3 Å². The summed E-state index contributed by atoms with van der Waals surface area (Å²) in [5, 5.41) is 2.93. The van der Waals surface area contributed by atoms with Crippen LogP contribution in [0, 0.1) is 0 Å². The number of hydrogen-bond donors (Lipinski definition) is 1. The average Bonchev–Trinajstić information content (AvgIpc) is 3.26. The SMILES string of the molecule is CCOC(=O)CC(NC(=O)c1ccc(OCC2CCCO2)cc1)c1ccccc1. The molecule has 1 N–H and O–H groups in total. The predicted molar refractivity (Wildman–Crippen MR) is 109 cm³/mol. The van der Waals surface area contributed by atoms with E-state index < -0.39 is 6.04 Å². The Morgan fingerprint density at radius 2 is 1.90 bits per heavy atom. The van der Waals surface area contributed by atoms with Crippen LogP contribution < -0.4 is 10.1 Å². The molecule has 2 aromatic rings. The van der Waals surface area contributed by atoms with Gasteiger partial charge in [0.05, 0.1) is 25.2 Å². The summed E-state index contributed by atoms with van der Waals surface area (Å²) < 4.78 is 16.3. The van der Waals surface area contributed by atoms with Gasteiger partial charge in [0.15, 0.2) is 0 Å². The molecule has 0 saturated carbocycles. The molecule has 1 saturated heterocycles. The molecule has 0 bridgehead atoms. The monoisotopic (exact) mass is 397 g/mol. The Bertz CT molecular complexity index is 785. The number of esters is 1. The molecule has 3 rings (SSSR count). The normalized spacial score (nSPS) is 16.8. The predicted octanol–water partition coefficient (Wildman–Crippen LogP) is 3.67. The van der Waals surface area contributed by atoms with Gasteiger partial charge in [0, 0.05) is 12.2 Å². The average molecular weight is 397 g/mol. The molecular weight excluding hydrogens is 370 g/mol. The maximum Gasteiger partial charge on any atom is 0.308 e. The highest BCUT2D eigenvalue weighted by Gasteiger charge is 2.20. The molecule has 1 fully saturated rings. The number of carbonyl (C=O) groups excluding carboxylic acids is 2. The first-order valence-corrected chi connectivity index (χ1v) is 10.0. The molecule has 2 unspecified atom stereocenters. The van der Waals surface area contributed by atoms with Gasteiger partial charge in [0.2, 0.25) is 0 Å². The van der Waals surface area contributed by atoms with Crippen molar-refractivity contribution >= 4 is 11.9 Å². The third-order valence-electron chi connectivity index (χ3n) is 4.76. The fraction of sp³-hybridized carbons (Fsp3) is 0.391. The maximum atomic E-state index is 12.7. The smallest absolute Gasteiger partial charge is 0.308 e. The van der Waals surface area contributed by atoms with Crippen LogP contribution in [-0.2, 0) is 14.3 Å². The molecule has 6 nitrogen and oxygen atoms in total. The summed E-state index contributed by atoms with van der Waals surface area (Å²) >= 11 is 0. The second-order valence-electron chi connectivity index (χ2n) is 6.92. The summed E-state index contributed by atoms with van der Waals surface area (Å²) in [6.07, 6.45) is 2.31. The zero-order valence-corrected chi connectivity index (χ0v) is 16.6. The highest BCUT2D eigenvalue weighted by Crippen LogP contribution is 2.20. The first-order chi connectivity index (χ1) is 14.2. The van der Waals surface area contributed by atoms with Crippen LogP contribution in [0.3, 0.4) is 0 Å². The molecule has 0 radical (unpaired) electrons. The minimum absolute atomic E-state index is 0.0756. The Morgan fingerprint density at radius 3 is 2.55 bits per heavy atom.